The van der Waals surface area contributed by atoms with Gasteiger partial charge in [0.2, 0.25) is 0 Å². The second kappa shape index (κ2) is 7.31. The Labute approximate surface area is 151 Å². The molecule has 4 nitrogen and oxygen atoms in total. The number of hydrogen-bond donors (Lipinski definition) is 0. The normalized spacial score (nSPS) is 13.4. The number of rotatable bonds is 6. The maximum atomic E-state index is 14.1. The fourth-order valence-corrected chi connectivity index (χ4v) is 2.93. The Morgan fingerprint density at radius 2 is 1.96 bits per heavy atom. The Hall–Kier alpha value is -2.27. The van der Waals surface area contributed by atoms with Crippen LogP contribution in [0.25, 0.3) is 0 Å². The standard InChI is InChI=1S/C19H19ClFNO3/c1-24-15-6-8-18(25-2)12(9-15)11-22(14-4-5-14)19(23)16-10-13(20)3-7-17(16)21/h3,6-10,14H,4-5,11H2,1-2H3. The molecule has 0 radical (unpaired) electrons. The summed E-state index contributed by atoms with van der Waals surface area (Å²) in [5.41, 5.74) is 0.797. The first-order chi connectivity index (χ1) is 12.0. The highest BCUT2D eigenvalue weighted by atomic mass is 35.5. The molecule has 0 N–H and O–H groups in total. The Morgan fingerprint density at radius 3 is 2.60 bits per heavy atom. The van der Waals surface area contributed by atoms with Gasteiger partial charge in [-0.25, -0.2) is 4.39 Å². The summed E-state index contributed by atoms with van der Waals surface area (Å²) in [6.45, 7) is 0.315. The van der Waals surface area contributed by atoms with E-state index in [9.17, 15) is 9.18 Å². The van der Waals surface area contributed by atoms with E-state index in [1.807, 2.05) is 6.07 Å². The quantitative estimate of drug-likeness (QED) is 0.768. The topological polar surface area (TPSA) is 38.8 Å². The van der Waals surface area contributed by atoms with Gasteiger partial charge in [-0.15, -0.1) is 0 Å². The molecule has 0 bridgehead atoms. The minimum atomic E-state index is -0.572. The number of benzene rings is 2. The van der Waals surface area contributed by atoms with Crippen LogP contribution in [0.3, 0.4) is 0 Å². The monoisotopic (exact) mass is 363 g/mol. The molecular weight excluding hydrogens is 345 g/mol. The predicted octanol–water partition coefficient (Wildman–Crippen LogP) is 4.30. The molecule has 1 amide bonds. The van der Waals surface area contributed by atoms with Crippen LogP contribution in [0.4, 0.5) is 4.39 Å². The number of carbonyl (C=O) groups is 1. The molecule has 0 aliphatic heterocycles. The summed E-state index contributed by atoms with van der Waals surface area (Å²) in [6.07, 6.45) is 1.81. The van der Waals surface area contributed by atoms with E-state index in [4.69, 9.17) is 21.1 Å². The summed E-state index contributed by atoms with van der Waals surface area (Å²) in [4.78, 5) is 14.6. The first-order valence-electron chi connectivity index (χ1n) is 8.00. The predicted molar refractivity (Wildman–Crippen MR) is 93.9 cm³/mol. The molecule has 0 unspecified atom stereocenters. The first kappa shape index (κ1) is 17.5. The number of halogens is 2. The van der Waals surface area contributed by atoms with Gasteiger partial charge in [0, 0.05) is 16.6 Å². The summed E-state index contributed by atoms with van der Waals surface area (Å²) in [6, 6.07) is 9.54. The Kier molecular flexibility index (Phi) is 5.13. The van der Waals surface area contributed by atoms with Crippen LogP contribution in [0.15, 0.2) is 36.4 Å². The van der Waals surface area contributed by atoms with Crippen LogP contribution in [-0.4, -0.2) is 31.1 Å². The number of carbonyl (C=O) groups excluding carboxylic acids is 1. The minimum absolute atomic E-state index is 0.0127. The maximum Gasteiger partial charge on any atom is 0.257 e. The van der Waals surface area contributed by atoms with E-state index >= 15 is 0 Å². The molecule has 1 aliphatic carbocycles. The molecule has 1 saturated carbocycles. The van der Waals surface area contributed by atoms with Crippen molar-refractivity contribution >= 4 is 17.5 Å². The van der Waals surface area contributed by atoms with Crippen molar-refractivity contribution in [3.05, 3.63) is 58.4 Å². The summed E-state index contributed by atoms with van der Waals surface area (Å²) in [7, 11) is 3.15. The van der Waals surface area contributed by atoms with Crippen molar-refractivity contribution in [3.63, 3.8) is 0 Å². The Balaban J connectivity index is 1.92. The first-order valence-corrected chi connectivity index (χ1v) is 8.38. The van der Waals surface area contributed by atoms with Crippen LogP contribution >= 0.6 is 11.6 Å². The highest BCUT2D eigenvalue weighted by molar-refractivity contribution is 6.31. The Morgan fingerprint density at radius 1 is 1.20 bits per heavy atom. The molecule has 0 heterocycles. The smallest absolute Gasteiger partial charge is 0.257 e. The van der Waals surface area contributed by atoms with E-state index < -0.39 is 5.82 Å². The molecule has 0 spiro atoms. The largest absolute Gasteiger partial charge is 0.497 e. The third-order valence-corrected chi connectivity index (χ3v) is 4.47. The molecule has 2 aromatic carbocycles. The van der Waals surface area contributed by atoms with E-state index in [0.717, 1.165) is 18.4 Å². The molecule has 6 heteroatoms. The maximum absolute atomic E-state index is 14.1. The zero-order valence-corrected chi connectivity index (χ0v) is 14.8. The van der Waals surface area contributed by atoms with Crippen molar-refractivity contribution < 1.29 is 18.7 Å². The van der Waals surface area contributed by atoms with Gasteiger partial charge in [-0.2, -0.15) is 0 Å². The van der Waals surface area contributed by atoms with Gasteiger partial charge in [0.1, 0.15) is 17.3 Å². The zero-order valence-electron chi connectivity index (χ0n) is 14.1. The van der Waals surface area contributed by atoms with Gasteiger partial charge < -0.3 is 14.4 Å². The summed E-state index contributed by atoms with van der Waals surface area (Å²) < 4.78 is 24.8. The van der Waals surface area contributed by atoms with Gasteiger partial charge in [-0.05, 0) is 49.2 Å². The number of nitrogens with zero attached hydrogens (tertiary/aromatic N) is 1. The van der Waals surface area contributed by atoms with Crippen molar-refractivity contribution in [2.75, 3.05) is 14.2 Å². The van der Waals surface area contributed by atoms with E-state index in [1.165, 1.54) is 18.2 Å². The molecular formula is C19H19ClFNO3. The molecule has 132 valence electrons. The van der Waals surface area contributed by atoms with Crippen LogP contribution in [0.1, 0.15) is 28.8 Å². The van der Waals surface area contributed by atoms with Crippen molar-refractivity contribution in [1.29, 1.82) is 0 Å². The molecule has 0 saturated heterocycles. The van der Waals surface area contributed by atoms with E-state index in [-0.39, 0.29) is 17.5 Å². The average molecular weight is 364 g/mol. The van der Waals surface area contributed by atoms with Gasteiger partial charge in [0.15, 0.2) is 0 Å². The van der Waals surface area contributed by atoms with Gasteiger partial charge in [0.25, 0.3) is 5.91 Å². The van der Waals surface area contributed by atoms with E-state index in [0.29, 0.717) is 23.1 Å². The summed E-state index contributed by atoms with van der Waals surface area (Å²) in [5, 5.41) is 0.333. The summed E-state index contributed by atoms with van der Waals surface area (Å²) >= 11 is 5.93. The molecule has 1 fully saturated rings. The number of methoxy groups -OCH3 is 2. The lowest BCUT2D eigenvalue weighted by molar-refractivity contribution is 0.0724. The van der Waals surface area contributed by atoms with Crippen molar-refractivity contribution in [1.82, 2.24) is 4.90 Å². The second-order valence-corrected chi connectivity index (χ2v) is 6.40. The highest BCUT2D eigenvalue weighted by Crippen LogP contribution is 2.33. The highest BCUT2D eigenvalue weighted by Gasteiger charge is 2.34. The van der Waals surface area contributed by atoms with Crippen molar-refractivity contribution in [2.45, 2.75) is 25.4 Å². The molecule has 0 aromatic heterocycles. The minimum Gasteiger partial charge on any atom is -0.497 e. The van der Waals surface area contributed by atoms with Crippen molar-refractivity contribution in [2.24, 2.45) is 0 Å². The van der Waals surface area contributed by atoms with Gasteiger partial charge in [0.05, 0.1) is 26.3 Å². The SMILES string of the molecule is COc1ccc(OC)c(CN(C(=O)c2cc(Cl)ccc2F)C2CC2)c1. The van der Waals surface area contributed by atoms with Crippen LogP contribution in [0, 0.1) is 5.82 Å². The lowest BCUT2D eigenvalue weighted by Gasteiger charge is -2.24. The fourth-order valence-electron chi connectivity index (χ4n) is 2.76. The number of ether oxygens (including phenoxy) is 2. The van der Waals surface area contributed by atoms with Gasteiger partial charge in [-0.3, -0.25) is 4.79 Å². The average Bonchev–Trinajstić information content (AvgIpc) is 3.45. The Bertz CT molecular complexity index is 792. The van der Waals surface area contributed by atoms with Crippen LogP contribution < -0.4 is 9.47 Å². The lowest BCUT2D eigenvalue weighted by atomic mass is 10.1. The zero-order chi connectivity index (χ0) is 18.0. The lowest BCUT2D eigenvalue weighted by Crippen LogP contribution is -2.33. The molecule has 1 aliphatic rings. The van der Waals surface area contributed by atoms with Crippen LogP contribution in [0.5, 0.6) is 11.5 Å². The third kappa shape index (κ3) is 3.87. The molecule has 0 atom stereocenters. The van der Waals surface area contributed by atoms with E-state index in [1.54, 1.807) is 31.3 Å². The van der Waals surface area contributed by atoms with Crippen LogP contribution in [0.2, 0.25) is 5.02 Å². The second-order valence-electron chi connectivity index (χ2n) is 5.97. The van der Waals surface area contributed by atoms with E-state index in [2.05, 4.69) is 0 Å². The summed E-state index contributed by atoms with van der Waals surface area (Å²) in [5.74, 6) is 0.392. The third-order valence-electron chi connectivity index (χ3n) is 4.24. The fraction of sp³-hybridized carbons (Fsp3) is 0.316. The van der Waals surface area contributed by atoms with Gasteiger partial charge in [-0.1, -0.05) is 11.6 Å². The van der Waals surface area contributed by atoms with Crippen molar-refractivity contribution in [3.8, 4) is 11.5 Å². The number of amides is 1. The molecule has 25 heavy (non-hydrogen) atoms. The molecule has 3 rings (SSSR count). The van der Waals surface area contributed by atoms with Gasteiger partial charge >= 0.3 is 0 Å². The molecule has 2 aromatic rings. The van der Waals surface area contributed by atoms with Crippen LogP contribution in [-0.2, 0) is 6.54 Å². The number of hydrogen-bond acceptors (Lipinski definition) is 3.